The molecule has 2 heterocycles. The summed E-state index contributed by atoms with van der Waals surface area (Å²) in [4.78, 5) is 23.9. The molecular weight excluding hydrogens is 336 g/mol. The van der Waals surface area contributed by atoms with E-state index in [2.05, 4.69) is 10.4 Å². The molecule has 0 atom stereocenters. The van der Waals surface area contributed by atoms with Gasteiger partial charge in [-0.15, -0.1) is 0 Å². The molecule has 9 nitrogen and oxygen atoms in total. The van der Waals surface area contributed by atoms with Gasteiger partial charge in [-0.25, -0.2) is 0 Å². The van der Waals surface area contributed by atoms with E-state index in [1.807, 2.05) is 16.7 Å². The molecule has 0 unspecified atom stereocenters. The fraction of sp³-hybridized carbons (Fsp3) is 0.214. The summed E-state index contributed by atoms with van der Waals surface area (Å²) in [5.41, 5.74) is 2.01. The van der Waals surface area contributed by atoms with E-state index in [1.54, 1.807) is 12.1 Å². The van der Waals surface area contributed by atoms with Crippen LogP contribution in [0.1, 0.15) is 27.3 Å². The SMILES string of the molecule is CS(=O)(=O)O.NN=CNC(=O)c1cc2cccc3c2n1CCC3=O. The smallest absolute Gasteiger partial charge is 0.273 e. The molecule has 0 bridgehead atoms. The molecule has 0 aliphatic carbocycles. The zero-order valence-electron chi connectivity index (χ0n) is 12.8. The number of amides is 1. The molecule has 0 radical (unpaired) electrons. The Morgan fingerprint density at radius 3 is 2.75 bits per heavy atom. The second kappa shape index (κ2) is 6.81. The highest BCUT2D eigenvalue weighted by Gasteiger charge is 2.23. The molecule has 0 saturated carbocycles. The number of hydrogen-bond acceptors (Lipinski definition) is 6. The number of benzene rings is 1. The van der Waals surface area contributed by atoms with Crippen LogP contribution in [0.4, 0.5) is 0 Å². The molecule has 4 N–H and O–H groups in total. The number of aromatic nitrogens is 1. The maximum absolute atomic E-state index is 12.0. The van der Waals surface area contributed by atoms with Gasteiger partial charge >= 0.3 is 0 Å². The fourth-order valence-electron chi connectivity index (χ4n) is 2.49. The van der Waals surface area contributed by atoms with Crippen LogP contribution in [0.2, 0.25) is 0 Å². The van der Waals surface area contributed by atoms with Gasteiger partial charge in [0, 0.05) is 23.9 Å². The van der Waals surface area contributed by atoms with Crippen LogP contribution in [-0.2, 0) is 16.7 Å². The largest absolute Gasteiger partial charge is 0.335 e. The highest BCUT2D eigenvalue weighted by molar-refractivity contribution is 7.85. The van der Waals surface area contributed by atoms with Gasteiger partial charge in [-0.1, -0.05) is 12.1 Å². The van der Waals surface area contributed by atoms with E-state index in [4.69, 9.17) is 10.4 Å². The first kappa shape index (κ1) is 17.6. The Labute approximate surface area is 137 Å². The summed E-state index contributed by atoms with van der Waals surface area (Å²) in [7, 11) is -3.67. The van der Waals surface area contributed by atoms with Gasteiger partial charge < -0.3 is 15.7 Å². The Balaban J connectivity index is 0.000000368. The summed E-state index contributed by atoms with van der Waals surface area (Å²) in [5, 5.41) is 6.60. The van der Waals surface area contributed by atoms with Crippen molar-refractivity contribution in [2.45, 2.75) is 13.0 Å². The van der Waals surface area contributed by atoms with Gasteiger partial charge in [0.2, 0.25) is 0 Å². The Hall–Kier alpha value is -2.72. The third-order valence-corrected chi connectivity index (χ3v) is 3.29. The topological polar surface area (TPSA) is 144 Å². The lowest BCUT2D eigenvalue weighted by Gasteiger charge is -2.16. The van der Waals surface area contributed by atoms with Crippen molar-refractivity contribution in [3.63, 3.8) is 0 Å². The van der Waals surface area contributed by atoms with Crippen molar-refractivity contribution in [2.24, 2.45) is 10.9 Å². The number of aryl methyl sites for hydroxylation is 1. The van der Waals surface area contributed by atoms with Gasteiger partial charge in [0.15, 0.2) is 5.78 Å². The van der Waals surface area contributed by atoms with Crippen LogP contribution < -0.4 is 11.2 Å². The van der Waals surface area contributed by atoms with Crippen LogP contribution in [0.5, 0.6) is 0 Å². The lowest BCUT2D eigenvalue weighted by atomic mass is 10.0. The van der Waals surface area contributed by atoms with E-state index in [9.17, 15) is 18.0 Å². The van der Waals surface area contributed by atoms with E-state index in [0.717, 1.165) is 17.2 Å². The van der Waals surface area contributed by atoms with E-state index in [1.165, 1.54) is 0 Å². The number of carbonyl (C=O) groups excluding carboxylic acids is 2. The number of ketones is 1. The zero-order chi connectivity index (χ0) is 17.9. The molecule has 0 fully saturated rings. The summed E-state index contributed by atoms with van der Waals surface area (Å²) >= 11 is 0. The highest BCUT2D eigenvalue weighted by Crippen LogP contribution is 2.28. The number of nitrogens with one attached hydrogen (secondary N) is 1. The van der Waals surface area contributed by atoms with Gasteiger partial charge in [-0.2, -0.15) is 13.5 Å². The van der Waals surface area contributed by atoms with Gasteiger partial charge in [0.05, 0.1) is 11.8 Å². The molecule has 0 saturated heterocycles. The van der Waals surface area contributed by atoms with Crippen molar-refractivity contribution in [3.8, 4) is 0 Å². The summed E-state index contributed by atoms with van der Waals surface area (Å²) in [6.07, 6.45) is 2.27. The van der Waals surface area contributed by atoms with Gasteiger partial charge in [0.1, 0.15) is 12.0 Å². The summed E-state index contributed by atoms with van der Waals surface area (Å²) in [6, 6.07) is 7.29. The lowest BCUT2D eigenvalue weighted by molar-refractivity contribution is 0.0947. The third kappa shape index (κ3) is 3.97. The Morgan fingerprint density at radius 2 is 2.12 bits per heavy atom. The quantitative estimate of drug-likeness (QED) is 0.234. The average molecular weight is 352 g/mol. The van der Waals surface area contributed by atoms with Crippen LogP contribution in [0.25, 0.3) is 10.9 Å². The van der Waals surface area contributed by atoms with Crippen molar-refractivity contribution < 1.29 is 22.6 Å². The Bertz CT molecular complexity index is 922. The number of para-hydroxylation sites is 1. The maximum atomic E-state index is 12.0. The number of rotatable bonds is 2. The minimum absolute atomic E-state index is 0.117. The average Bonchev–Trinajstić information content (AvgIpc) is 2.87. The molecular formula is C14H16N4O5S. The molecule has 1 aliphatic heterocycles. The number of nitrogens with two attached hydrogens (primary N) is 1. The van der Waals surface area contributed by atoms with E-state index < -0.39 is 10.1 Å². The van der Waals surface area contributed by atoms with Crippen molar-refractivity contribution in [2.75, 3.05) is 6.26 Å². The molecule has 24 heavy (non-hydrogen) atoms. The van der Waals surface area contributed by atoms with Crippen LogP contribution in [0.3, 0.4) is 0 Å². The van der Waals surface area contributed by atoms with Gasteiger partial charge in [0.25, 0.3) is 16.0 Å². The lowest BCUT2D eigenvalue weighted by Crippen LogP contribution is -2.26. The van der Waals surface area contributed by atoms with Crippen molar-refractivity contribution in [1.82, 2.24) is 9.88 Å². The van der Waals surface area contributed by atoms with Crippen molar-refractivity contribution in [3.05, 3.63) is 35.5 Å². The number of nitrogens with zero attached hydrogens (tertiary/aromatic N) is 2. The van der Waals surface area contributed by atoms with Crippen LogP contribution in [0, 0.1) is 0 Å². The number of Topliss-reactive ketones (excluding diaryl/α,β-unsaturated/α-hetero) is 1. The van der Waals surface area contributed by atoms with Gasteiger partial charge in [-0.05, 0) is 12.1 Å². The van der Waals surface area contributed by atoms with Crippen molar-refractivity contribution >= 4 is 39.1 Å². The van der Waals surface area contributed by atoms with E-state index in [0.29, 0.717) is 30.5 Å². The number of carbonyl (C=O) groups is 2. The third-order valence-electron chi connectivity index (χ3n) is 3.29. The summed E-state index contributed by atoms with van der Waals surface area (Å²) < 4.78 is 27.7. The fourth-order valence-corrected chi connectivity index (χ4v) is 2.49. The van der Waals surface area contributed by atoms with Crippen LogP contribution in [-0.4, -0.2) is 41.8 Å². The Morgan fingerprint density at radius 1 is 1.46 bits per heavy atom. The molecule has 0 spiro atoms. The molecule has 1 aromatic carbocycles. The predicted molar refractivity (Wildman–Crippen MR) is 88.5 cm³/mol. The summed E-state index contributed by atoms with van der Waals surface area (Å²) in [5.74, 6) is 4.79. The molecule has 1 amide bonds. The number of hydrazone groups is 1. The molecule has 10 heteroatoms. The minimum Gasteiger partial charge on any atom is -0.335 e. The second-order valence-electron chi connectivity index (χ2n) is 5.08. The number of hydrogen-bond donors (Lipinski definition) is 3. The molecule has 128 valence electrons. The first-order valence-corrected chi connectivity index (χ1v) is 8.67. The normalized spacial score (nSPS) is 13.7. The minimum atomic E-state index is -3.67. The first-order valence-electron chi connectivity index (χ1n) is 6.83. The molecule has 2 aromatic rings. The van der Waals surface area contributed by atoms with Crippen molar-refractivity contribution in [1.29, 1.82) is 0 Å². The zero-order valence-corrected chi connectivity index (χ0v) is 13.6. The predicted octanol–water partition coefficient (Wildman–Crippen LogP) is 0.364. The Kier molecular flexibility index (Phi) is 5.00. The highest BCUT2D eigenvalue weighted by atomic mass is 32.2. The molecule has 1 aliphatic rings. The van der Waals surface area contributed by atoms with Crippen LogP contribution >= 0.6 is 0 Å². The second-order valence-corrected chi connectivity index (χ2v) is 6.55. The maximum Gasteiger partial charge on any atom is 0.273 e. The first-order chi connectivity index (χ1) is 11.2. The van der Waals surface area contributed by atoms with E-state index >= 15 is 0 Å². The monoisotopic (exact) mass is 352 g/mol. The molecule has 1 aromatic heterocycles. The van der Waals surface area contributed by atoms with E-state index in [-0.39, 0.29) is 11.7 Å². The molecule has 3 rings (SSSR count). The summed E-state index contributed by atoms with van der Waals surface area (Å²) in [6.45, 7) is 0.516. The van der Waals surface area contributed by atoms with Crippen LogP contribution in [0.15, 0.2) is 29.4 Å². The van der Waals surface area contributed by atoms with Gasteiger partial charge in [-0.3, -0.25) is 14.1 Å². The standard InChI is InChI=1S/C13H12N4O2.CH4O3S/c14-16-7-15-13(19)10-6-8-2-1-3-9-11(18)4-5-17(10)12(8)9;1-5(2,3)4/h1-3,6-7H,4-5,14H2,(H,15,16,19);1H3,(H,2,3,4).